The van der Waals surface area contributed by atoms with Gasteiger partial charge in [0.15, 0.2) is 0 Å². The summed E-state index contributed by atoms with van der Waals surface area (Å²) >= 11 is 4.85. The van der Waals surface area contributed by atoms with Gasteiger partial charge in [0.05, 0.1) is 12.8 Å². The first-order valence-corrected chi connectivity index (χ1v) is 7.32. The second kappa shape index (κ2) is 8.66. The Labute approximate surface area is 142 Å². The van der Waals surface area contributed by atoms with Gasteiger partial charge in [-0.25, -0.2) is 9.78 Å². The molecule has 0 saturated heterocycles. The van der Waals surface area contributed by atoms with Crippen molar-refractivity contribution in [1.82, 2.24) is 9.97 Å². The van der Waals surface area contributed by atoms with Crippen molar-refractivity contribution in [2.45, 2.75) is 23.0 Å². The molecule has 5 nitrogen and oxygen atoms in total. The Bertz CT molecular complexity index is 541. The Balaban J connectivity index is 0.000000468. The number of nitrogens with one attached hydrogen (secondary N) is 1. The molecule has 0 amide bonds. The third kappa shape index (κ3) is 7.81. The van der Waals surface area contributed by atoms with Crippen molar-refractivity contribution in [3.8, 4) is 0 Å². The van der Waals surface area contributed by atoms with Crippen molar-refractivity contribution in [2.24, 2.45) is 0 Å². The van der Waals surface area contributed by atoms with Gasteiger partial charge in [0.1, 0.15) is 9.43 Å². The molecule has 0 spiro atoms. The van der Waals surface area contributed by atoms with Crippen LogP contribution in [0.15, 0.2) is 6.20 Å². The first kappa shape index (κ1) is 21.9. The van der Waals surface area contributed by atoms with Gasteiger partial charge in [-0.15, -0.1) is 0 Å². The van der Waals surface area contributed by atoms with Crippen LogP contribution in [0.3, 0.4) is 0 Å². The van der Waals surface area contributed by atoms with Crippen LogP contribution in [0.1, 0.15) is 23.2 Å². The number of nitrogens with zero attached hydrogens (tertiary/aromatic N) is 1. The lowest BCUT2D eigenvalue weighted by molar-refractivity contribution is -0.168. The molecule has 0 radical (unpaired) electrons. The molecule has 132 valence electrons. The number of ether oxygens (including phenoxy) is 1. The molecule has 13 heteroatoms. The first-order valence-electron chi connectivity index (χ1n) is 5.49. The highest BCUT2D eigenvalue weighted by Crippen LogP contribution is 2.27. The molecule has 1 aromatic heterocycles. The van der Waals surface area contributed by atoms with Crippen molar-refractivity contribution in [2.75, 3.05) is 6.61 Å². The molecule has 1 heterocycles. The normalized spacial score (nSPS) is 11.7. The monoisotopic (exact) mass is 476 g/mol. The van der Waals surface area contributed by atoms with Crippen molar-refractivity contribution >= 4 is 43.6 Å². The number of hydrogen-bond donors (Lipinski definition) is 1. The summed E-state index contributed by atoms with van der Waals surface area (Å²) in [6, 6.07) is 0. The number of H-pyrrole nitrogens is 1. The number of Topliss-reactive ketones (excluding diaryl/α,β-unsaturated/α-hetero) is 1. The Morgan fingerprint density at radius 3 is 2.04 bits per heavy atom. The van der Waals surface area contributed by atoms with Crippen molar-refractivity contribution in [3.05, 3.63) is 17.7 Å². The fourth-order valence-electron chi connectivity index (χ4n) is 0.892. The van der Waals surface area contributed by atoms with Crippen LogP contribution in [0.4, 0.5) is 26.3 Å². The van der Waals surface area contributed by atoms with Gasteiger partial charge in [-0.3, -0.25) is 4.79 Å². The average Bonchev–Trinajstić information content (AvgIpc) is 2.87. The molecular weight excluding hydrogens is 470 g/mol. The molecule has 1 N–H and O–H groups in total. The van der Waals surface area contributed by atoms with E-state index in [1.807, 2.05) is 4.98 Å². The van der Waals surface area contributed by atoms with E-state index in [0.29, 0.717) is 6.20 Å². The van der Waals surface area contributed by atoms with E-state index >= 15 is 0 Å². The number of hydrogen-bond acceptors (Lipinski definition) is 4. The summed E-state index contributed by atoms with van der Waals surface area (Å²) in [4.78, 5) is 25.9. The molecule has 23 heavy (non-hydrogen) atoms. The Kier molecular flexibility index (Phi) is 8.24. The molecule has 0 aliphatic heterocycles. The van der Waals surface area contributed by atoms with Crippen molar-refractivity contribution < 1.29 is 40.7 Å². The van der Waals surface area contributed by atoms with Crippen LogP contribution < -0.4 is 0 Å². The van der Waals surface area contributed by atoms with E-state index < -0.39 is 39.4 Å². The summed E-state index contributed by atoms with van der Waals surface area (Å²) in [7, 11) is 0. The molecule has 0 fully saturated rings. The lowest BCUT2D eigenvalue weighted by Crippen LogP contribution is -2.27. The number of imidazole rings is 1. The number of aromatic nitrogens is 2. The van der Waals surface area contributed by atoms with Gasteiger partial charge in [0.25, 0.3) is 5.78 Å². The van der Waals surface area contributed by atoms with E-state index in [2.05, 4.69) is 41.6 Å². The van der Waals surface area contributed by atoms with E-state index in [9.17, 15) is 35.9 Å². The van der Waals surface area contributed by atoms with Crippen LogP contribution in [0.5, 0.6) is 0 Å². The predicted octanol–water partition coefficient (Wildman–Crippen LogP) is 3.84. The van der Waals surface area contributed by atoms with Crippen LogP contribution in [0.25, 0.3) is 0 Å². The molecule has 1 rings (SSSR count). The highest BCUT2D eigenvalue weighted by Gasteiger charge is 2.41. The number of alkyl halides is 8. The number of carbonyl (C=O) groups excluding carboxylic acids is 2. The smallest absolute Gasteiger partial charge is 0.452 e. The Morgan fingerprint density at radius 2 is 1.78 bits per heavy atom. The predicted molar refractivity (Wildman–Crippen MR) is 72.3 cm³/mol. The number of rotatable bonds is 3. The lowest BCUT2D eigenvalue weighted by atomic mass is 10.4. The summed E-state index contributed by atoms with van der Waals surface area (Å²) < 4.78 is 73.1. The third-order valence-corrected chi connectivity index (χ3v) is 2.66. The zero-order valence-electron chi connectivity index (χ0n) is 11.1. The summed E-state index contributed by atoms with van der Waals surface area (Å²) in [5.41, 5.74) is -1.07. The van der Waals surface area contributed by atoms with E-state index in [0.717, 1.165) is 0 Å². The number of aromatic amines is 1. The number of carbonyl (C=O) groups is 2. The zero-order chi connectivity index (χ0) is 18.4. The largest absolute Gasteiger partial charge is 0.460 e. The zero-order valence-corrected chi connectivity index (χ0v) is 14.2. The van der Waals surface area contributed by atoms with Crippen molar-refractivity contribution in [1.29, 1.82) is 0 Å². The van der Waals surface area contributed by atoms with Crippen molar-refractivity contribution in [3.63, 3.8) is 0 Å². The SMILES string of the molecule is CCOC(=O)c1ncc(C(F)(F)F)[nH]1.O=C(C(Br)Br)C(F)(F)F. The van der Waals surface area contributed by atoms with Crippen LogP contribution in [-0.4, -0.2) is 38.2 Å². The fraction of sp³-hybridized carbons (Fsp3) is 0.500. The first-order chi connectivity index (χ1) is 10.3. The highest BCUT2D eigenvalue weighted by molar-refractivity contribution is 9.25. The van der Waals surface area contributed by atoms with E-state index in [-0.39, 0.29) is 6.61 Å². The van der Waals surface area contributed by atoms with Crippen LogP contribution in [0.2, 0.25) is 0 Å². The molecule has 0 bridgehead atoms. The Morgan fingerprint density at radius 1 is 1.26 bits per heavy atom. The summed E-state index contributed by atoms with van der Waals surface area (Å²) in [6.45, 7) is 1.63. The maximum atomic E-state index is 12.0. The van der Waals surface area contributed by atoms with E-state index in [1.165, 1.54) is 0 Å². The minimum atomic E-state index is -4.75. The third-order valence-electron chi connectivity index (χ3n) is 1.83. The van der Waals surface area contributed by atoms with E-state index in [1.54, 1.807) is 6.92 Å². The average molecular weight is 478 g/mol. The van der Waals surface area contributed by atoms with Crippen LogP contribution >= 0.6 is 31.9 Å². The standard InChI is InChI=1S/C7H7F3N2O2.C3HBr2F3O/c1-2-14-6(13)5-11-3-4(12-5)7(8,9)10;4-2(5)1(9)3(6,7)8/h3H,2H2,1H3,(H,11,12);2H. The lowest BCUT2D eigenvalue weighted by Gasteiger charge is -2.03. The molecule has 0 saturated carbocycles. The number of esters is 1. The molecule has 0 atom stereocenters. The summed E-state index contributed by atoms with van der Waals surface area (Å²) in [5.74, 6) is -3.18. The summed E-state index contributed by atoms with van der Waals surface area (Å²) in [6.07, 6.45) is -8.73. The molecule has 0 unspecified atom stereocenters. The van der Waals surface area contributed by atoms with Gasteiger partial charge < -0.3 is 9.72 Å². The number of ketones is 1. The molecule has 0 aliphatic carbocycles. The van der Waals surface area contributed by atoms with Gasteiger partial charge >= 0.3 is 18.3 Å². The number of halogens is 8. The van der Waals surface area contributed by atoms with Gasteiger partial charge in [-0.1, -0.05) is 31.9 Å². The maximum absolute atomic E-state index is 12.0. The molecule has 0 aliphatic rings. The Hall–Kier alpha value is -1.11. The van der Waals surface area contributed by atoms with E-state index in [4.69, 9.17) is 0 Å². The van der Waals surface area contributed by atoms with Gasteiger partial charge in [-0.05, 0) is 6.92 Å². The second-order valence-corrected chi connectivity index (χ2v) is 6.59. The molecular formula is C10H8Br2F6N2O3. The van der Waals surface area contributed by atoms with Gasteiger partial charge in [0, 0.05) is 0 Å². The van der Waals surface area contributed by atoms with Gasteiger partial charge in [-0.2, -0.15) is 26.3 Å². The minimum absolute atomic E-state index is 0.0842. The summed E-state index contributed by atoms with van der Waals surface area (Å²) in [5, 5.41) is 0. The van der Waals surface area contributed by atoms with Gasteiger partial charge in [0.2, 0.25) is 5.82 Å². The van der Waals surface area contributed by atoms with Crippen LogP contribution in [0, 0.1) is 0 Å². The maximum Gasteiger partial charge on any atom is 0.452 e. The molecule has 0 aromatic carbocycles. The topological polar surface area (TPSA) is 72.0 Å². The molecule has 1 aromatic rings. The minimum Gasteiger partial charge on any atom is -0.460 e. The highest BCUT2D eigenvalue weighted by atomic mass is 79.9. The van der Waals surface area contributed by atoms with Crippen LogP contribution in [-0.2, 0) is 15.7 Å². The second-order valence-electron chi connectivity index (χ2n) is 3.53. The fourth-order valence-corrected chi connectivity index (χ4v) is 1.41. The quantitative estimate of drug-likeness (QED) is 0.408.